The quantitative estimate of drug-likeness (QED) is 0.553. The smallest absolute Gasteiger partial charge is 0.461 e. The molecular weight excluding hydrogens is 204 g/mol. The van der Waals surface area contributed by atoms with Crippen LogP contribution in [0.3, 0.4) is 0 Å². The van der Waals surface area contributed by atoms with Gasteiger partial charge in [0.1, 0.15) is 5.54 Å². The van der Waals surface area contributed by atoms with Crippen molar-refractivity contribution in [1.82, 2.24) is 0 Å². The van der Waals surface area contributed by atoms with Crippen LogP contribution >= 0.6 is 16.1 Å². The molecule has 70 valence electrons. The molecule has 8 heteroatoms. The predicted octanol–water partition coefficient (Wildman–Crippen LogP) is -1.42. The van der Waals surface area contributed by atoms with Gasteiger partial charge >= 0.3 is 21.1 Å². The Bertz CT molecular complexity index is 208. The van der Waals surface area contributed by atoms with Gasteiger partial charge in [0.2, 0.25) is 0 Å². The van der Waals surface area contributed by atoms with E-state index >= 15 is 0 Å². The monoisotopic (exact) mass is 213 g/mol. The summed E-state index contributed by atoms with van der Waals surface area (Å²) >= 11 is 0. The van der Waals surface area contributed by atoms with E-state index < -0.39 is 26.7 Å². The molecule has 0 saturated carbocycles. The van der Waals surface area contributed by atoms with E-state index in [9.17, 15) is 24.0 Å². The molecule has 0 aromatic rings. The summed E-state index contributed by atoms with van der Waals surface area (Å²) in [6.07, 6.45) is 0. The van der Waals surface area contributed by atoms with Crippen LogP contribution in [0.15, 0.2) is 0 Å². The third-order valence-corrected chi connectivity index (χ3v) is 4.52. The Balaban J connectivity index is 5.17. The Morgan fingerprint density at radius 3 is 1.50 bits per heavy atom. The van der Waals surface area contributed by atoms with Gasteiger partial charge in [-0.1, -0.05) is 9.13 Å². The number of hydrogen-bond donors (Lipinski definition) is 2. The summed E-state index contributed by atoms with van der Waals surface area (Å²) in [6, 6.07) is 0. The third kappa shape index (κ3) is 1.85. The van der Waals surface area contributed by atoms with E-state index in [-0.39, 0.29) is 0 Å². The van der Waals surface area contributed by atoms with Crippen LogP contribution in [0.25, 0.3) is 0 Å². The summed E-state index contributed by atoms with van der Waals surface area (Å²) < 4.78 is 20.9. The zero-order valence-electron chi connectivity index (χ0n) is 6.55. The zero-order valence-corrected chi connectivity index (χ0v) is 8.34. The van der Waals surface area contributed by atoms with Gasteiger partial charge in [0.25, 0.3) is 0 Å². The van der Waals surface area contributed by atoms with Crippen molar-refractivity contribution >= 4 is 16.1 Å². The van der Waals surface area contributed by atoms with E-state index in [1.54, 1.807) is 0 Å². The summed E-state index contributed by atoms with van der Waals surface area (Å²) in [5, 5.41) is 6.31. The number of nitrogens with two attached hydrogens (primary N) is 1. The molecule has 12 heavy (non-hydrogen) atoms. The fourth-order valence-electron chi connectivity index (χ4n) is 0.537. The molecule has 0 saturated heterocycles. The lowest BCUT2D eigenvalue weighted by atomic mass is 10.1. The highest BCUT2D eigenvalue weighted by Crippen LogP contribution is 2.50. The molecule has 6 nitrogen and oxygen atoms in total. The van der Waals surface area contributed by atoms with Gasteiger partial charge in [-0.05, 0) is 13.8 Å². The average molecular weight is 213 g/mol. The van der Waals surface area contributed by atoms with Crippen LogP contribution in [0.2, 0.25) is 0 Å². The molecular formula is C4H9NO5P2. The minimum absolute atomic E-state index is 1.11. The van der Waals surface area contributed by atoms with E-state index in [2.05, 4.69) is 0 Å². The molecule has 0 fully saturated rings. The maximum absolute atomic E-state index is 10.4. The van der Waals surface area contributed by atoms with Crippen LogP contribution in [0.4, 0.5) is 0 Å². The van der Waals surface area contributed by atoms with Gasteiger partial charge in [0, 0.05) is 0 Å². The molecule has 0 bridgehead atoms. The van der Waals surface area contributed by atoms with Gasteiger partial charge in [-0.15, -0.1) is 0 Å². The highest BCUT2D eigenvalue weighted by Gasteiger charge is 2.65. The van der Waals surface area contributed by atoms with E-state index in [4.69, 9.17) is 5.73 Å². The van der Waals surface area contributed by atoms with Crippen molar-refractivity contribution in [2.24, 2.45) is 5.73 Å². The van der Waals surface area contributed by atoms with Crippen molar-refractivity contribution in [1.29, 1.82) is 0 Å². The van der Waals surface area contributed by atoms with Gasteiger partial charge in [0.05, 0.1) is 0 Å². The molecule has 0 heterocycles. The largest absolute Gasteiger partial charge is 0.589 e. The van der Waals surface area contributed by atoms with Crippen molar-refractivity contribution in [3.63, 3.8) is 0 Å². The Labute approximate surface area is 71.1 Å². The number of aliphatic hydroxyl groups is 1. The average Bonchev–Trinajstić information content (AvgIpc) is 1.82. The second kappa shape index (κ2) is 3.42. The second-order valence-electron chi connectivity index (χ2n) is 2.87. The molecule has 2 atom stereocenters. The first-order valence-corrected chi connectivity index (χ1v) is 5.29. The van der Waals surface area contributed by atoms with Gasteiger partial charge in [0.15, 0.2) is 0 Å². The van der Waals surface area contributed by atoms with Crippen LogP contribution in [0, 0.1) is 0 Å². The SMILES string of the molecule is CC(C)(N)C(O)([P+](=O)[O-])[P+](=O)[O-]. The first kappa shape index (κ1) is 12.0. The molecule has 0 aliphatic rings. The van der Waals surface area contributed by atoms with Crippen LogP contribution in [-0.2, 0) is 9.13 Å². The highest BCUT2D eigenvalue weighted by atomic mass is 31.2. The lowest BCUT2D eigenvalue weighted by Gasteiger charge is -2.23. The van der Waals surface area contributed by atoms with Crippen molar-refractivity contribution in [3.8, 4) is 0 Å². The van der Waals surface area contributed by atoms with Crippen molar-refractivity contribution < 1.29 is 24.0 Å². The summed E-state index contributed by atoms with van der Waals surface area (Å²) in [6.45, 7) is 2.23. The minimum Gasteiger partial charge on any atom is -0.589 e. The summed E-state index contributed by atoms with van der Waals surface area (Å²) in [5.74, 6) is 0. The van der Waals surface area contributed by atoms with Gasteiger partial charge < -0.3 is 20.6 Å². The molecule has 0 rings (SSSR count). The maximum atomic E-state index is 10.4. The Kier molecular flexibility index (Phi) is 3.43. The standard InChI is InChI=1S/C4H9NO5P2/c1-3(2,5)4(6,11(7)8)12(9)10/h6H,5H2,1-2H3. The number of hydrogen-bond acceptors (Lipinski definition) is 6. The van der Waals surface area contributed by atoms with Crippen LogP contribution in [-0.4, -0.2) is 15.7 Å². The fraction of sp³-hybridized carbons (Fsp3) is 1.00. The van der Waals surface area contributed by atoms with Crippen molar-refractivity contribution in [2.75, 3.05) is 0 Å². The molecule has 0 spiro atoms. The van der Waals surface area contributed by atoms with Crippen molar-refractivity contribution in [2.45, 2.75) is 24.5 Å². The molecule has 0 radical (unpaired) electrons. The Hall–Kier alpha value is 0.0400. The van der Waals surface area contributed by atoms with Crippen LogP contribution in [0.1, 0.15) is 13.8 Å². The lowest BCUT2D eigenvalue weighted by molar-refractivity contribution is -0.195. The summed E-state index contributed by atoms with van der Waals surface area (Å²) in [7, 11) is -7.08. The van der Waals surface area contributed by atoms with E-state index in [0.717, 1.165) is 13.8 Å². The van der Waals surface area contributed by atoms with Crippen LogP contribution in [0.5, 0.6) is 0 Å². The molecule has 3 N–H and O–H groups in total. The van der Waals surface area contributed by atoms with E-state index in [1.165, 1.54) is 0 Å². The summed E-state index contributed by atoms with van der Waals surface area (Å²) in [4.78, 5) is 20.9. The van der Waals surface area contributed by atoms with Crippen molar-refractivity contribution in [3.05, 3.63) is 0 Å². The van der Waals surface area contributed by atoms with Crippen LogP contribution < -0.4 is 15.5 Å². The summed E-state index contributed by atoms with van der Waals surface area (Å²) in [5.41, 5.74) is 3.46. The molecule has 0 amide bonds. The first-order chi connectivity index (χ1) is 5.14. The third-order valence-electron chi connectivity index (χ3n) is 1.37. The predicted molar refractivity (Wildman–Crippen MR) is 38.4 cm³/mol. The maximum Gasteiger partial charge on any atom is 0.461 e. The normalized spacial score (nSPS) is 19.8. The van der Waals surface area contributed by atoms with E-state index in [1.807, 2.05) is 0 Å². The van der Waals surface area contributed by atoms with Gasteiger partial charge in [-0.3, -0.25) is 0 Å². The van der Waals surface area contributed by atoms with E-state index in [0.29, 0.717) is 0 Å². The number of rotatable bonds is 3. The fourth-order valence-corrected chi connectivity index (χ4v) is 2.01. The zero-order chi connectivity index (χ0) is 10.2. The van der Waals surface area contributed by atoms with Gasteiger partial charge in [-0.25, -0.2) is 0 Å². The minimum atomic E-state index is -3.54. The Morgan fingerprint density at radius 1 is 1.25 bits per heavy atom. The molecule has 0 aromatic heterocycles. The Morgan fingerprint density at radius 2 is 1.50 bits per heavy atom. The van der Waals surface area contributed by atoms with Gasteiger partial charge in [-0.2, -0.15) is 0 Å². The molecule has 0 aliphatic carbocycles. The lowest BCUT2D eigenvalue weighted by Crippen LogP contribution is -2.54. The first-order valence-electron chi connectivity index (χ1n) is 2.94. The topological polar surface area (TPSA) is 127 Å². The molecule has 0 aromatic carbocycles. The highest BCUT2D eigenvalue weighted by molar-refractivity contribution is 7.58. The molecule has 0 aliphatic heterocycles. The second-order valence-corrected chi connectivity index (χ2v) is 5.55. The molecule has 2 unspecified atom stereocenters.